The molecule has 27 heavy (non-hydrogen) atoms. The molecule has 6 nitrogen and oxygen atoms in total. The molecule has 3 rings (SSSR count). The number of nitriles is 1. The molecule has 3 aromatic rings. The van der Waals surface area contributed by atoms with E-state index in [1.807, 2.05) is 48.0 Å². The summed E-state index contributed by atoms with van der Waals surface area (Å²) in [5, 5.41) is 21.8. The molecule has 0 spiro atoms. The van der Waals surface area contributed by atoms with Gasteiger partial charge in [0.05, 0.1) is 10.7 Å². The zero-order valence-corrected chi connectivity index (χ0v) is 16.1. The maximum absolute atomic E-state index is 12.5. The Morgan fingerprint density at radius 2 is 2.15 bits per heavy atom. The highest BCUT2D eigenvalue weighted by molar-refractivity contribution is 7.15. The number of rotatable bonds is 6. The third kappa shape index (κ3) is 4.42. The first kappa shape index (κ1) is 18.8. The van der Waals surface area contributed by atoms with Gasteiger partial charge in [-0.25, -0.2) is 0 Å². The Bertz CT molecular complexity index is 1030. The summed E-state index contributed by atoms with van der Waals surface area (Å²) in [6.07, 6.45) is 5.10. The molecule has 8 heteroatoms. The van der Waals surface area contributed by atoms with Crippen LogP contribution >= 0.6 is 22.9 Å². The number of carbonyl (C=O) groups is 1. The lowest BCUT2D eigenvalue weighted by Gasteiger charge is -2.09. The Kier molecular flexibility index (Phi) is 6.01. The molecule has 0 saturated carbocycles. The van der Waals surface area contributed by atoms with Crippen molar-refractivity contribution in [3.63, 3.8) is 0 Å². The van der Waals surface area contributed by atoms with Gasteiger partial charge in [-0.05, 0) is 36.8 Å². The second-order valence-corrected chi connectivity index (χ2v) is 7.10. The summed E-state index contributed by atoms with van der Waals surface area (Å²) < 4.78 is 1.82. The molecule has 0 aliphatic rings. The number of halogens is 1. The summed E-state index contributed by atoms with van der Waals surface area (Å²) in [7, 11) is 0. The fourth-order valence-electron chi connectivity index (χ4n) is 2.46. The van der Waals surface area contributed by atoms with Crippen LogP contribution in [0.4, 0.5) is 5.13 Å². The monoisotopic (exact) mass is 397 g/mol. The summed E-state index contributed by atoms with van der Waals surface area (Å²) >= 11 is 7.57. The van der Waals surface area contributed by atoms with Crippen molar-refractivity contribution >= 4 is 40.1 Å². The van der Waals surface area contributed by atoms with Crippen LogP contribution in [0.25, 0.3) is 11.8 Å². The van der Waals surface area contributed by atoms with Crippen molar-refractivity contribution in [2.24, 2.45) is 0 Å². The van der Waals surface area contributed by atoms with Gasteiger partial charge in [-0.3, -0.25) is 10.1 Å². The highest BCUT2D eigenvalue weighted by Crippen LogP contribution is 2.23. The molecule has 1 amide bonds. The quantitative estimate of drug-likeness (QED) is 0.491. The molecular weight excluding hydrogens is 382 g/mol. The first-order valence-corrected chi connectivity index (χ1v) is 9.49. The van der Waals surface area contributed by atoms with E-state index in [1.54, 1.807) is 12.1 Å². The number of anilines is 1. The number of para-hydroxylation sites is 1. The van der Waals surface area contributed by atoms with Gasteiger partial charge in [0.15, 0.2) is 0 Å². The summed E-state index contributed by atoms with van der Waals surface area (Å²) in [6.45, 7) is 2.05. The number of aryl methyl sites for hydroxylation is 1. The standard InChI is InChI=1S/C19H16ClN5OS/c1-2-6-17-23-24-19(27-17)22-18(26)13(12-21)11-14-7-5-10-25(14)16-9-4-3-8-15(16)20/h3-5,7-11H,2,6H2,1H3,(H,22,24,26)/b13-11-. The zero-order chi connectivity index (χ0) is 19.2. The second kappa shape index (κ2) is 8.62. The van der Waals surface area contributed by atoms with Crippen LogP contribution in [0.3, 0.4) is 0 Å². The molecule has 1 N–H and O–H groups in total. The van der Waals surface area contributed by atoms with E-state index in [0.717, 1.165) is 23.5 Å². The first-order chi connectivity index (χ1) is 13.1. The number of hydrogen-bond acceptors (Lipinski definition) is 5. The summed E-state index contributed by atoms with van der Waals surface area (Å²) in [5.74, 6) is -0.524. The number of carbonyl (C=O) groups excluding carboxylic acids is 1. The minimum absolute atomic E-state index is 0.0331. The van der Waals surface area contributed by atoms with Gasteiger partial charge in [-0.2, -0.15) is 5.26 Å². The van der Waals surface area contributed by atoms with Gasteiger partial charge in [-0.1, -0.05) is 42.0 Å². The van der Waals surface area contributed by atoms with E-state index < -0.39 is 5.91 Å². The fraction of sp³-hybridized carbons (Fsp3) is 0.158. The Balaban J connectivity index is 1.85. The van der Waals surface area contributed by atoms with Crippen LogP contribution in [0.15, 0.2) is 48.2 Å². The molecule has 0 fully saturated rings. The molecule has 2 aromatic heterocycles. The van der Waals surface area contributed by atoms with Gasteiger partial charge in [0.2, 0.25) is 5.13 Å². The molecule has 2 heterocycles. The number of hydrogen-bond donors (Lipinski definition) is 1. The minimum Gasteiger partial charge on any atom is -0.316 e. The lowest BCUT2D eigenvalue weighted by atomic mass is 10.2. The van der Waals surface area contributed by atoms with E-state index in [0.29, 0.717) is 15.8 Å². The number of benzene rings is 1. The van der Waals surface area contributed by atoms with Crippen LogP contribution in [0, 0.1) is 11.3 Å². The van der Waals surface area contributed by atoms with E-state index in [9.17, 15) is 10.1 Å². The van der Waals surface area contributed by atoms with Gasteiger partial charge < -0.3 is 4.57 Å². The molecule has 136 valence electrons. The molecule has 0 unspecified atom stereocenters. The Hall–Kier alpha value is -2.95. The zero-order valence-electron chi connectivity index (χ0n) is 14.5. The van der Waals surface area contributed by atoms with Gasteiger partial charge >= 0.3 is 0 Å². The topological polar surface area (TPSA) is 83.6 Å². The van der Waals surface area contributed by atoms with E-state index in [-0.39, 0.29) is 5.57 Å². The maximum atomic E-state index is 12.5. The van der Waals surface area contributed by atoms with E-state index >= 15 is 0 Å². The van der Waals surface area contributed by atoms with E-state index in [2.05, 4.69) is 15.5 Å². The lowest BCUT2D eigenvalue weighted by Crippen LogP contribution is -2.13. The van der Waals surface area contributed by atoms with Crippen LogP contribution < -0.4 is 5.32 Å². The normalized spacial score (nSPS) is 11.2. The summed E-state index contributed by atoms with van der Waals surface area (Å²) in [6, 6.07) is 12.9. The lowest BCUT2D eigenvalue weighted by molar-refractivity contribution is -0.112. The van der Waals surface area contributed by atoms with Crippen LogP contribution in [-0.2, 0) is 11.2 Å². The first-order valence-electron chi connectivity index (χ1n) is 8.30. The van der Waals surface area contributed by atoms with Gasteiger partial charge in [-0.15, -0.1) is 10.2 Å². The van der Waals surface area contributed by atoms with E-state index in [4.69, 9.17) is 11.6 Å². The molecule has 0 radical (unpaired) electrons. The van der Waals surface area contributed by atoms with Crippen molar-refractivity contribution in [2.45, 2.75) is 19.8 Å². The third-order valence-electron chi connectivity index (χ3n) is 3.70. The third-order valence-corrected chi connectivity index (χ3v) is 4.92. The summed E-state index contributed by atoms with van der Waals surface area (Å²) in [5.41, 5.74) is 1.40. The van der Waals surface area contributed by atoms with Gasteiger partial charge in [0.1, 0.15) is 16.6 Å². The average Bonchev–Trinajstić information content (AvgIpc) is 3.29. The summed E-state index contributed by atoms with van der Waals surface area (Å²) in [4.78, 5) is 12.5. The van der Waals surface area contributed by atoms with Gasteiger partial charge in [0, 0.05) is 18.3 Å². The molecule has 0 bridgehead atoms. The molecule has 0 atom stereocenters. The number of aromatic nitrogens is 3. The highest BCUT2D eigenvalue weighted by atomic mass is 35.5. The van der Waals surface area contributed by atoms with Crippen molar-refractivity contribution in [2.75, 3.05) is 5.32 Å². The van der Waals surface area contributed by atoms with E-state index in [1.165, 1.54) is 17.4 Å². The maximum Gasteiger partial charge on any atom is 0.268 e. The minimum atomic E-state index is -0.524. The fourth-order valence-corrected chi connectivity index (χ4v) is 3.52. The van der Waals surface area contributed by atoms with Crippen molar-refractivity contribution < 1.29 is 4.79 Å². The predicted octanol–water partition coefficient (Wildman–Crippen LogP) is 4.48. The smallest absolute Gasteiger partial charge is 0.268 e. The van der Waals surface area contributed by atoms with Crippen LogP contribution in [0.1, 0.15) is 24.0 Å². The SMILES string of the molecule is CCCc1nnc(NC(=O)/C(C#N)=C\c2cccn2-c2ccccc2Cl)s1. The van der Waals surface area contributed by atoms with Crippen molar-refractivity contribution in [1.29, 1.82) is 5.26 Å². The van der Waals surface area contributed by atoms with Crippen LogP contribution in [-0.4, -0.2) is 20.7 Å². The Morgan fingerprint density at radius 3 is 2.89 bits per heavy atom. The Labute approximate surface area is 165 Å². The van der Waals surface area contributed by atoms with Crippen molar-refractivity contribution in [3.8, 4) is 11.8 Å². The molecule has 0 aliphatic carbocycles. The molecule has 0 saturated heterocycles. The second-order valence-electron chi connectivity index (χ2n) is 5.63. The van der Waals surface area contributed by atoms with Gasteiger partial charge in [0.25, 0.3) is 5.91 Å². The average molecular weight is 398 g/mol. The largest absolute Gasteiger partial charge is 0.316 e. The number of amides is 1. The Morgan fingerprint density at radius 1 is 1.33 bits per heavy atom. The van der Waals surface area contributed by atoms with Crippen molar-refractivity contribution in [3.05, 3.63) is 63.9 Å². The van der Waals surface area contributed by atoms with Crippen LogP contribution in [0.5, 0.6) is 0 Å². The molecular formula is C19H16ClN5OS. The number of nitrogens with zero attached hydrogens (tertiary/aromatic N) is 4. The molecule has 1 aromatic carbocycles. The van der Waals surface area contributed by atoms with Crippen LogP contribution in [0.2, 0.25) is 5.02 Å². The number of nitrogens with one attached hydrogen (secondary N) is 1. The predicted molar refractivity (Wildman–Crippen MR) is 107 cm³/mol. The highest BCUT2D eigenvalue weighted by Gasteiger charge is 2.14. The molecule has 0 aliphatic heterocycles. The van der Waals surface area contributed by atoms with Crippen molar-refractivity contribution in [1.82, 2.24) is 14.8 Å².